The zero-order chi connectivity index (χ0) is 19.2. The maximum Gasteiger partial charge on any atom is 0.333 e. The fraction of sp³-hybridized carbons (Fsp3) is 0.238. The van der Waals surface area contributed by atoms with Gasteiger partial charge in [-0.1, -0.05) is 35.9 Å². The van der Waals surface area contributed by atoms with Gasteiger partial charge in [-0.15, -0.1) is 0 Å². The molecule has 1 heterocycles. The predicted octanol–water partition coefficient (Wildman–Crippen LogP) is 4.50. The average Bonchev–Trinajstić information content (AvgIpc) is 2.67. The summed E-state index contributed by atoms with van der Waals surface area (Å²) in [5.41, 5.74) is 2.64. The van der Waals surface area contributed by atoms with Crippen molar-refractivity contribution in [1.29, 1.82) is 0 Å². The van der Waals surface area contributed by atoms with Gasteiger partial charge < -0.3 is 14.6 Å². The molecule has 1 unspecified atom stereocenters. The Bertz CT molecular complexity index is 944. The first-order valence-corrected chi connectivity index (χ1v) is 9.04. The first-order valence-electron chi connectivity index (χ1n) is 8.66. The number of halogens is 1. The second kappa shape index (κ2) is 8.84. The molecule has 0 aliphatic carbocycles. The molecule has 0 bridgehead atoms. The van der Waals surface area contributed by atoms with Crippen LogP contribution >= 0.6 is 11.6 Å². The number of aliphatic carboxylic acids is 1. The average molecular weight is 386 g/mol. The Morgan fingerprint density at radius 2 is 2.00 bits per heavy atom. The highest BCUT2D eigenvalue weighted by molar-refractivity contribution is 6.32. The summed E-state index contributed by atoms with van der Waals surface area (Å²) < 4.78 is 11.1. The van der Waals surface area contributed by atoms with E-state index in [-0.39, 0.29) is 6.42 Å². The lowest BCUT2D eigenvalue weighted by Gasteiger charge is -2.14. The fourth-order valence-electron chi connectivity index (χ4n) is 2.77. The number of pyridine rings is 1. The van der Waals surface area contributed by atoms with E-state index < -0.39 is 12.1 Å². The minimum atomic E-state index is -0.989. The molecule has 0 amide bonds. The Balaban J connectivity index is 1.72. The predicted molar refractivity (Wildman–Crippen MR) is 104 cm³/mol. The first kappa shape index (κ1) is 19.1. The van der Waals surface area contributed by atoms with E-state index >= 15 is 0 Å². The highest BCUT2D eigenvalue weighted by Crippen LogP contribution is 2.27. The van der Waals surface area contributed by atoms with Crippen molar-refractivity contribution in [2.75, 3.05) is 6.61 Å². The van der Waals surface area contributed by atoms with Crippen molar-refractivity contribution in [3.05, 3.63) is 70.9 Å². The Morgan fingerprint density at radius 1 is 1.19 bits per heavy atom. The van der Waals surface area contributed by atoms with Crippen LogP contribution in [0.2, 0.25) is 5.02 Å². The van der Waals surface area contributed by atoms with E-state index in [1.54, 1.807) is 31.3 Å². The molecule has 1 aromatic heterocycles. The molecule has 3 rings (SSSR count). The van der Waals surface area contributed by atoms with Gasteiger partial charge in [0.15, 0.2) is 6.10 Å². The number of para-hydroxylation sites is 1. The summed E-state index contributed by atoms with van der Waals surface area (Å²) in [7, 11) is 0. The molecule has 1 N–H and O–H groups in total. The first-order chi connectivity index (χ1) is 13.1. The number of aromatic nitrogens is 1. The van der Waals surface area contributed by atoms with Crippen molar-refractivity contribution >= 4 is 28.5 Å². The Morgan fingerprint density at radius 3 is 2.78 bits per heavy atom. The summed E-state index contributed by atoms with van der Waals surface area (Å²) >= 11 is 6.23. The number of carboxylic acids is 1. The summed E-state index contributed by atoms with van der Waals surface area (Å²) in [6.45, 7) is 2.42. The lowest BCUT2D eigenvalue weighted by Crippen LogP contribution is -2.26. The summed E-state index contributed by atoms with van der Waals surface area (Å²) in [6.07, 6.45) is 1.12. The third kappa shape index (κ3) is 4.96. The topological polar surface area (TPSA) is 68.7 Å². The molecular formula is C21H20ClNO4. The van der Waals surface area contributed by atoms with Gasteiger partial charge in [-0.3, -0.25) is 4.98 Å². The van der Waals surface area contributed by atoms with E-state index in [1.807, 2.05) is 30.3 Å². The number of carbonyl (C=O) groups is 1. The van der Waals surface area contributed by atoms with E-state index in [0.29, 0.717) is 24.0 Å². The smallest absolute Gasteiger partial charge is 0.333 e. The van der Waals surface area contributed by atoms with Crippen molar-refractivity contribution < 1.29 is 19.4 Å². The lowest BCUT2D eigenvalue weighted by molar-refractivity contribution is -0.149. The fourth-order valence-corrected chi connectivity index (χ4v) is 2.95. The molecule has 6 heteroatoms. The molecule has 1 atom stereocenters. The minimum Gasteiger partial charge on any atom is -0.487 e. The molecule has 0 aliphatic rings. The number of ether oxygens (including phenoxy) is 2. The van der Waals surface area contributed by atoms with Crippen LogP contribution in [0, 0.1) is 0 Å². The number of benzene rings is 2. The van der Waals surface area contributed by atoms with Gasteiger partial charge in [-0.2, -0.15) is 0 Å². The molecular weight excluding hydrogens is 366 g/mol. The van der Waals surface area contributed by atoms with E-state index in [1.165, 1.54) is 0 Å². The van der Waals surface area contributed by atoms with Gasteiger partial charge in [0, 0.05) is 30.2 Å². The molecule has 0 fully saturated rings. The number of carboxylic acid groups (broad SMARTS) is 1. The van der Waals surface area contributed by atoms with Crippen molar-refractivity contribution in [3.8, 4) is 5.75 Å². The zero-order valence-corrected chi connectivity index (χ0v) is 15.6. The third-order valence-electron chi connectivity index (χ3n) is 4.10. The molecule has 0 aliphatic heterocycles. The highest BCUT2D eigenvalue weighted by atomic mass is 35.5. The van der Waals surface area contributed by atoms with Crippen LogP contribution in [-0.4, -0.2) is 28.8 Å². The Kier molecular flexibility index (Phi) is 6.27. The van der Waals surface area contributed by atoms with E-state index in [4.69, 9.17) is 21.1 Å². The van der Waals surface area contributed by atoms with Gasteiger partial charge in [0.25, 0.3) is 0 Å². The van der Waals surface area contributed by atoms with Gasteiger partial charge in [0.1, 0.15) is 12.4 Å². The van der Waals surface area contributed by atoms with Crippen LogP contribution in [0.25, 0.3) is 10.9 Å². The molecule has 27 heavy (non-hydrogen) atoms. The quantitative estimate of drug-likeness (QED) is 0.618. The van der Waals surface area contributed by atoms with Gasteiger partial charge in [-0.25, -0.2) is 4.79 Å². The van der Waals surface area contributed by atoms with Crippen LogP contribution in [0.15, 0.2) is 54.7 Å². The molecule has 2 aromatic carbocycles. The number of rotatable bonds is 8. The summed E-state index contributed by atoms with van der Waals surface area (Å²) in [5.74, 6) is -0.487. The molecule has 140 valence electrons. The highest BCUT2D eigenvalue weighted by Gasteiger charge is 2.18. The number of nitrogens with zero attached hydrogens (tertiary/aromatic N) is 1. The Hall–Kier alpha value is -2.63. The normalized spacial score (nSPS) is 12.1. The van der Waals surface area contributed by atoms with E-state index in [2.05, 4.69) is 4.98 Å². The minimum absolute atomic E-state index is 0.244. The van der Waals surface area contributed by atoms with Crippen LogP contribution in [0.5, 0.6) is 5.75 Å². The van der Waals surface area contributed by atoms with Crippen molar-refractivity contribution in [2.45, 2.75) is 26.1 Å². The van der Waals surface area contributed by atoms with E-state index in [9.17, 15) is 9.90 Å². The largest absolute Gasteiger partial charge is 0.487 e. The van der Waals surface area contributed by atoms with Crippen molar-refractivity contribution in [3.63, 3.8) is 0 Å². The van der Waals surface area contributed by atoms with Crippen LogP contribution in [0.4, 0.5) is 0 Å². The van der Waals surface area contributed by atoms with Crippen molar-refractivity contribution in [2.24, 2.45) is 0 Å². The second-order valence-corrected chi connectivity index (χ2v) is 6.48. The lowest BCUT2D eigenvalue weighted by atomic mass is 10.1. The number of hydrogen-bond acceptors (Lipinski definition) is 4. The summed E-state index contributed by atoms with van der Waals surface area (Å²) in [5, 5.41) is 10.7. The molecule has 0 spiro atoms. The third-order valence-corrected chi connectivity index (χ3v) is 4.41. The summed E-state index contributed by atoms with van der Waals surface area (Å²) in [6, 6.07) is 15.1. The van der Waals surface area contributed by atoms with Crippen LogP contribution in [-0.2, 0) is 22.6 Å². The molecule has 0 saturated carbocycles. The van der Waals surface area contributed by atoms with Gasteiger partial charge in [-0.05, 0) is 36.8 Å². The monoisotopic (exact) mass is 385 g/mol. The van der Waals surface area contributed by atoms with Gasteiger partial charge >= 0.3 is 5.97 Å². The van der Waals surface area contributed by atoms with Crippen LogP contribution < -0.4 is 4.74 Å². The molecule has 0 saturated heterocycles. The van der Waals surface area contributed by atoms with Crippen LogP contribution in [0.3, 0.4) is 0 Å². The summed E-state index contributed by atoms with van der Waals surface area (Å²) in [4.78, 5) is 15.7. The molecule has 0 radical (unpaired) electrons. The maximum atomic E-state index is 11.3. The standard InChI is InChI=1S/C21H20ClNO4/c1-2-26-20(21(24)25)11-14-7-8-17(22)19(10-14)27-13-15-9-16-5-3-4-6-18(16)23-12-15/h3-10,12,20H,2,11,13H2,1H3,(H,24,25). The Labute approximate surface area is 162 Å². The maximum absolute atomic E-state index is 11.3. The van der Waals surface area contributed by atoms with Crippen molar-refractivity contribution in [1.82, 2.24) is 4.98 Å². The van der Waals surface area contributed by atoms with Gasteiger partial charge in [0.2, 0.25) is 0 Å². The van der Waals surface area contributed by atoms with Crippen LogP contribution in [0.1, 0.15) is 18.1 Å². The SMILES string of the molecule is CCOC(Cc1ccc(Cl)c(OCc2cnc3ccccc3c2)c1)C(=O)O. The number of hydrogen-bond donors (Lipinski definition) is 1. The van der Waals surface area contributed by atoms with Gasteiger partial charge in [0.05, 0.1) is 10.5 Å². The second-order valence-electron chi connectivity index (χ2n) is 6.08. The number of fused-ring (bicyclic) bond motifs is 1. The van der Waals surface area contributed by atoms with E-state index in [0.717, 1.165) is 22.0 Å². The molecule has 3 aromatic rings. The zero-order valence-electron chi connectivity index (χ0n) is 14.9. The molecule has 5 nitrogen and oxygen atoms in total.